The van der Waals surface area contributed by atoms with Crippen LogP contribution in [-0.2, 0) is 7.05 Å². The third-order valence-corrected chi connectivity index (χ3v) is 5.74. The molecule has 0 radical (unpaired) electrons. The van der Waals surface area contributed by atoms with Crippen LogP contribution in [0.5, 0.6) is 0 Å². The maximum Gasteiger partial charge on any atom is 0.321 e. The van der Waals surface area contributed by atoms with Crippen LogP contribution in [0.2, 0.25) is 0 Å². The van der Waals surface area contributed by atoms with E-state index >= 15 is 0 Å². The zero-order valence-electron chi connectivity index (χ0n) is 16.8. The van der Waals surface area contributed by atoms with Gasteiger partial charge in [-0.2, -0.15) is 5.10 Å². The minimum atomic E-state index is -0.241. The monoisotopic (exact) mass is 386 g/mol. The zero-order chi connectivity index (χ0) is 19.5. The second kappa shape index (κ2) is 8.20. The molecule has 2 amide bonds. The summed E-state index contributed by atoms with van der Waals surface area (Å²) < 4.78 is 3.81. The predicted molar refractivity (Wildman–Crippen MR) is 107 cm³/mol. The van der Waals surface area contributed by atoms with Crippen molar-refractivity contribution in [3.05, 3.63) is 18.1 Å². The van der Waals surface area contributed by atoms with Crippen LogP contribution in [0, 0.1) is 6.92 Å². The summed E-state index contributed by atoms with van der Waals surface area (Å²) in [6.45, 7) is 3.75. The number of nitrogens with zero attached hydrogens (tertiary/aromatic N) is 6. The number of rotatable bonds is 4. The first-order chi connectivity index (χ1) is 13.6. The van der Waals surface area contributed by atoms with Crippen molar-refractivity contribution in [2.45, 2.75) is 64.0 Å². The first-order valence-electron chi connectivity index (χ1n) is 10.3. The number of piperidine rings is 1. The summed E-state index contributed by atoms with van der Waals surface area (Å²) in [5.74, 6) is 1.47. The van der Waals surface area contributed by atoms with Gasteiger partial charge in [0.1, 0.15) is 12.1 Å². The molecule has 2 N–H and O–H groups in total. The van der Waals surface area contributed by atoms with E-state index < -0.39 is 0 Å². The highest BCUT2D eigenvalue weighted by atomic mass is 16.2. The lowest BCUT2D eigenvalue weighted by Crippen LogP contribution is -2.49. The maximum atomic E-state index is 12.4. The molecule has 0 bridgehead atoms. The third kappa shape index (κ3) is 4.28. The Balaban J connectivity index is 1.31. The van der Waals surface area contributed by atoms with Gasteiger partial charge in [0.15, 0.2) is 0 Å². The normalized spacial score (nSPS) is 20.9. The number of aryl methyl sites for hydroxylation is 2. The lowest BCUT2D eigenvalue weighted by Gasteiger charge is -2.34. The van der Waals surface area contributed by atoms with Crippen molar-refractivity contribution in [2.75, 3.05) is 23.3 Å². The van der Waals surface area contributed by atoms with E-state index in [9.17, 15) is 4.79 Å². The minimum absolute atomic E-state index is 0.0874. The van der Waals surface area contributed by atoms with Crippen molar-refractivity contribution >= 4 is 17.8 Å². The lowest BCUT2D eigenvalue weighted by atomic mass is 9.96. The van der Waals surface area contributed by atoms with Gasteiger partial charge in [0.05, 0.1) is 11.7 Å². The van der Waals surface area contributed by atoms with Gasteiger partial charge in [0.25, 0.3) is 0 Å². The van der Waals surface area contributed by atoms with Crippen LogP contribution in [0.15, 0.2) is 12.4 Å². The molecule has 1 aliphatic carbocycles. The van der Waals surface area contributed by atoms with E-state index in [1.54, 1.807) is 6.33 Å². The zero-order valence-corrected chi connectivity index (χ0v) is 16.8. The van der Waals surface area contributed by atoms with Crippen LogP contribution in [0.1, 0.15) is 56.7 Å². The molecule has 1 atom stereocenters. The van der Waals surface area contributed by atoms with Gasteiger partial charge in [0.2, 0.25) is 5.95 Å². The fourth-order valence-electron chi connectivity index (χ4n) is 4.37. The van der Waals surface area contributed by atoms with Gasteiger partial charge in [-0.25, -0.2) is 14.5 Å². The van der Waals surface area contributed by atoms with Crippen LogP contribution in [0.25, 0.3) is 0 Å². The van der Waals surface area contributed by atoms with Gasteiger partial charge in [0, 0.05) is 32.2 Å². The molecule has 2 fully saturated rings. The minimum Gasteiger partial charge on any atom is -0.355 e. The summed E-state index contributed by atoms with van der Waals surface area (Å²) >= 11 is 0. The van der Waals surface area contributed by atoms with Crippen LogP contribution in [0.3, 0.4) is 0 Å². The molecule has 3 heterocycles. The number of amides is 2. The number of anilines is 2. The van der Waals surface area contributed by atoms with Gasteiger partial charge in [-0.1, -0.05) is 19.3 Å². The number of hydrogen-bond acceptors (Lipinski definition) is 5. The molecule has 9 heteroatoms. The molecular weight excluding hydrogens is 356 g/mol. The topological polar surface area (TPSA) is 92.9 Å². The van der Waals surface area contributed by atoms with Crippen molar-refractivity contribution in [3.63, 3.8) is 0 Å². The van der Waals surface area contributed by atoms with Gasteiger partial charge < -0.3 is 10.2 Å². The van der Waals surface area contributed by atoms with Crippen LogP contribution in [0.4, 0.5) is 16.6 Å². The first kappa shape index (κ1) is 18.8. The molecule has 1 aliphatic heterocycles. The largest absolute Gasteiger partial charge is 0.355 e. The van der Waals surface area contributed by atoms with Gasteiger partial charge in [-0.15, -0.1) is 5.10 Å². The Hall–Kier alpha value is -2.58. The van der Waals surface area contributed by atoms with Crippen LogP contribution < -0.4 is 15.5 Å². The summed E-state index contributed by atoms with van der Waals surface area (Å²) in [5, 5.41) is 14.7. The van der Waals surface area contributed by atoms with Gasteiger partial charge >= 0.3 is 6.03 Å². The summed E-state index contributed by atoms with van der Waals surface area (Å²) in [5.41, 5.74) is 1.00. The number of nitrogens with one attached hydrogen (secondary N) is 2. The molecule has 2 aliphatic rings. The average Bonchev–Trinajstić information content (AvgIpc) is 3.28. The summed E-state index contributed by atoms with van der Waals surface area (Å²) in [4.78, 5) is 19.0. The number of aromatic nitrogens is 5. The van der Waals surface area contributed by atoms with Crippen LogP contribution >= 0.6 is 0 Å². The molecule has 2 aromatic rings. The summed E-state index contributed by atoms with van der Waals surface area (Å²) in [6.07, 6.45) is 9.79. The van der Waals surface area contributed by atoms with Crippen LogP contribution in [-0.4, -0.2) is 49.7 Å². The lowest BCUT2D eigenvalue weighted by molar-refractivity contribution is 0.246. The molecular formula is C19H30N8O. The number of urea groups is 1. The summed E-state index contributed by atoms with van der Waals surface area (Å²) in [6, 6.07) is 2.34. The Labute approximate surface area is 165 Å². The van der Waals surface area contributed by atoms with Crippen molar-refractivity contribution in [1.82, 2.24) is 29.9 Å². The molecule has 152 valence electrons. The average molecular weight is 387 g/mol. The van der Waals surface area contributed by atoms with Crippen molar-refractivity contribution in [3.8, 4) is 0 Å². The highest BCUT2D eigenvalue weighted by Gasteiger charge is 2.24. The molecule has 9 nitrogen and oxygen atoms in total. The fourth-order valence-corrected chi connectivity index (χ4v) is 4.37. The van der Waals surface area contributed by atoms with Gasteiger partial charge in [-0.05, 0) is 32.6 Å². The van der Waals surface area contributed by atoms with E-state index in [1.807, 2.05) is 23.3 Å². The van der Waals surface area contributed by atoms with Crippen molar-refractivity contribution in [2.24, 2.45) is 7.05 Å². The number of hydrogen-bond donors (Lipinski definition) is 2. The smallest absolute Gasteiger partial charge is 0.321 e. The molecule has 1 saturated heterocycles. The Morgan fingerprint density at radius 1 is 1.14 bits per heavy atom. The highest BCUT2D eigenvalue weighted by molar-refractivity contribution is 5.87. The molecule has 0 spiro atoms. The van der Waals surface area contributed by atoms with Gasteiger partial charge in [-0.3, -0.25) is 10.00 Å². The Bertz CT molecular complexity index is 807. The SMILES string of the molecule is Cc1cc(N2CCCC(NC(=O)Nc3ncn(C4CCCCC4)n3)C2)n(C)n1. The van der Waals surface area contributed by atoms with Crippen molar-refractivity contribution < 1.29 is 4.79 Å². The standard InChI is InChI=1S/C19H30N8O/c1-14-11-17(25(2)23-14)26-10-6-7-15(12-26)21-19(28)22-18-20-13-27(24-18)16-8-4-3-5-9-16/h11,13,15-16H,3-10,12H2,1-2H3,(H2,21,22,24,28). The maximum absolute atomic E-state index is 12.4. The summed E-state index contributed by atoms with van der Waals surface area (Å²) in [7, 11) is 1.96. The molecule has 28 heavy (non-hydrogen) atoms. The van der Waals surface area contributed by atoms with E-state index in [2.05, 4.69) is 36.8 Å². The molecule has 4 rings (SSSR count). The second-order valence-electron chi connectivity index (χ2n) is 7.99. The van der Waals surface area contributed by atoms with Crippen molar-refractivity contribution in [1.29, 1.82) is 0 Å². The first-order valence-corrected chi connectivity index (χ1v) is 10.3. The predicted octanol–water partition coefficient (Wildman–Crippen LogP) is 2.62. The fraction of sp³-hybridized carbons (Fsp3) is 0.684. The van der Waals surface area contributed by atoms with E-state index in [0.717, 1.165) is 50.3 Å². The quantitative estimate of drug-likeness (QED) is 0.843. The Morgan fingerprint density at radius 3 is 2.71 bits per heavy atom. The Kier molecular flexibility index (Phi) is 5.50. The molecule has 2 aromatic heterocycles. The second-order valence-corrected chi connectivity index (χ2v) is 7.99. The Morgan fingerprint density at radius 2 is 1.96 bits per heavy atom. The third-order valence-electron chi connectivity index (χ3n) is 5.74. The number of carbonyl (C=O) groups excluding carboxylic acids is 1. The van der Waals surface area contributed by atoms with E-state index in [0.29, 0.717) is 12.0 Å². The number of carbonyl (C=O) groups is 1. The van der Waals surface area contributed by atoms with E-state index in [-0.39, 0.29) is 12.1 Å². The highest BCUT2D eigenvalue weighted by Crippen LogP contribution is 2.27. The molecule has 1 unspecified atom stereocenters. The van der Waals surface area contributed by atoms with E-state index in [4.69, 9.17) is 0 Å². The molecule has 0 aromatic carbocycles. The molecule has 1 saturated carbocycles. The van der Waals surface area contributed by atoms with E-state index in [1.165, 1.54) is 19.3 Å².